The molecule has 1 heterocycles. The average molecular weight is 216 g/mol. The van der Waals surface area contributed by atoms with Crippen LogP contribution in [-0.2, 0) is 0 Å². The van der Waals surface area contributed by atoms with E-state index in [2.05, 4.69) is 15.3 Å². The van der Waals surface area contributed by atoms with Crippen molar-refractivity contribution in [1.29, 1.82) is 0 Å². The van der Waals surface area contributed by atoms with E-state index in [-0.39, 0.29) is 18.6 Å². The lowest BCUT2D eigenvalue weighted by molar-refractivity contribution is 0.226. The third-order valence-corrected chi connectivity index (χ3v) is 2.44. The summed E-state index contributed by atoms with van der Waals surface area (Å²) in [7, 11) is 0. The van der Waals surface area contributed by atoms with Gasteiger partial charge >= 0.3 is 0 Å². The van der Waals surface area contributed by atoms with Gasteiger partial charge in [-0.15, -0.1) is 0 Å². The summed E-state index contributed by atoms with van der Waals surface area (Å²) in [6.45, 7) is 4.04. The van der Waals surface area contributed by atoms with Gasteiger partial charge in [0.15, 0.2) is 11.0 Å². The molecule has 1 rings (SSSR count). The number of halogens is 1. The van der Waals surface area contributed by atoms with Crippen LogP contribution in [0, 0.1) is 5.92 Å². The van der Waals surface area contributed by atoms with Crippen LogP contribution in [-0.4, -0.2) is 27.7 Å². The molecule has 4 nitrogen and oxygen atoms in total. The fourth-order valence-electron chi connectivity index (χ4n) is 0.934. The van der Waals surface area contributed by atoms with Crippen LogP contribution in [0.4, 0.5) is 5.82 Å². The van der Waals surface area contributed by atoms with E-state index in [0.29, 0.717) is 11.0 Å². The molecular weight excluding hydrogens is 202 g/mol. The van der Waals surface area contributed by atoms with E-state index in [1.54, 1.807) is 6.20 Å². The lowest BCUT2D eigenvalue weighted by atomic mass is 10.1. The number of nitrogens with zero attached hydrogens (tertiary/aromatic N) is 2. The van der Waals surface area contributed by atoms with Gasteiger partial charge in [0.25, 0.3) is 0 Å². The Bertz CT molecular complexity index is 295. The number of aliphatic hydroxyl groups is 1. The molecule has 2 N–H and O–H groups in total. The van der Waals surface area contributed by atoms with Crippen LogP contribution >= 0.6 is 11.6 Å². The molecule has 0 spiro atoms. The van der Waals surface area contributed by atoms with Crippen molar-refractivity contribution in [1.82, 2.24) is 9.97 Å². The molecular formula is C9H14ClN3O. The number of hydrogen-bond acceptors (Lipinski definition) is 4. The molecule has 2 atom stereocenters. The summed E-state index contributed by atoms with van der Waals surface area (Å²) in [5.74, 6) is 0.704. The predicted octanol–water partition coefficient (Wildman–Crippen LogP) is 1.56. The van der Waals surface area contributed by atoms with Gasteiger partial charge in [0.05, 0.1) is 0 Å². The van der Waals surface area contributed by atoms with Crippen molar-refractivity contribution < 1.29 is 5.11 Å². The molecule has 0 saturated heterocycles. The lowest BCUT2D eigenvalue weighted by Gasteiger charge is -2.19. The number of nitrogens with one attached hydrogen (secondary N) is 1. The zero-order valence-corrected chi connectivity index (χ0v) is 8.99. The Morgan fingerprint density at radius 2 is 2.07 bits per heavy atom. The first-order valence-electron chi connectivity index (χ1n) is 4.49. The van der Waals surface area contributed by atoms with Gasteiger partial charge in [0.1, 0.15) is 0 Å². The monoisotopic (exact) mass is 215 g/mol. The lowest BCUT2D eigenvalue weighted by Crippen LogP contribution is -2.26. The second-order valence-electron chi connectivity index (χ2n) is 3.29. The Morgan fingerprint density at radius 1 is 1.43 bits per heavy atom. The molecule has 0 bridgehead atoms. The van der Waals surface area contributed by atoms with Gasteiger partial charge in [-0.25, -0.2) is 9.97 Å². The highest BCUT2D eigenvalue weighted by molar-refractivity contribution is 6.31. The number of aliphatic hydroxyl groups excluding tert-OH is 1. The SMILES string of the molecule is CC(CO)C(C)Nc1nccnc1Cl. The molecule has 0 saturated carbocycles. The highest BCUT2D eigenvalue weighted by Gasteiger charge is 2.12. The minimum absolute atomic E-state index is 0.106. The molecule has 0 aromatic carbocycles. The zero-order chi connectivity index (χ0) is 10.6. The van der Waals surface area contributed by atoms with Crippen molar-refractivity contribution in [3.8, 4) is 0 Å². The van der Waals surface area contributed by atoms with Gasteiger partial charge in [-0.05, 0) is 12.8 Å². The Kier molecular flexibility index (Phi) is 4.10. The Balaban J connectivity index is 2.64. The van der Waals surface area contributed by atoms with E-state index < -0.39 is 0 Å². The summed E-state index contributed by atoms with van der Waals surface area (Å²) in [4.78, 5) is 7.94. The molecule has 1 aromatic rings. The summed E-state index contributed by atoms with van der Waals surface area (Å²) < 4.78 is 0. The second kappa shape index (κ2) is 5.12. The summed E-state index contributed by atoms with van der Waals surface area (Å²) in [5, 5.41) is 12.4. The standard InChI is InChI=1S/C9H14ClN3O/c1-6(5-14)7(2)13-9-8(10)11-3-4-12-9/h3-4,6-7,14H,5H2,1-2H3,(H,12,13). The van der Waals surface area contributed by atoms with Crippen LogP contribution in [0.25, 0.3) is 0 Å². The molecule has 0 amide bonds. The van der Waals surface area contributed by atoms with Crippen molar-refractivity contribution in [2.75, 3.05) is 11.9 Å². The van der Waals surface area contributed by atoms with E-state index in [9.17, 15) is 0 Å². The molecule has 2 unspecified atom stereocenters. The van der Waals surface area contributed by atoms with E-state index in [1.165, 1.54) is 6.20 Å². The third-order valence-electron chi connectivity index (χ3n) is 2.16. The third kappa shape index (κ3) is 2.82. The summed E-state index contributed by atoms with van der Waals surface area (Å²) in [6.07, 6.45) is 3.11. The summed E-state index contributed by atoms with van der Waals surface area (Å²) >= 11 is 5.82. The molecule has 78 valence electrons. The maximum Gasteiger partial charge on any atom is 0.171 e. The minimum atomic E-state index is 0.106. The number of hydrogen-bond donors (Lipinski definition) is 2. The van der Waals surface area contributed by atoms with E-state index >= 15 is 0 Å². The van der Waals surface area contributed by atoms with Gasteiger partial charge in [-0.3, -0.25) is 0 Å². The van der Waals surface area contributed by atoms with Crippen LogP contribution < -0.4 is 5.32 Å². The molecule has 5 heteroatoms. The maximum absolute atomic E-state index is 8.94. The topological polar surface area (TPSA) is 58.0 Å². The Hall–Kier alpha value is -0.870. The Morgan fingerprint density at radius 3 is 2.64 bits per heavy atom. The molecule has 0 radical (unpaired) electrons. The number of anilines is 1. The fourth-order valence-corrected chi connectivity index (χ4v) is 1.09. The van der Waals surface area contributed by atoms with Crippen molar-refractivity contribution in [3.63, 3.8) is 0 Å². The first kappa shape index (κ1) is 11.2. The van der Waals surface area contributed by atoms with Gasteiger partial charge in [-0.2, -0.15) is 0 Å². The molecule has 0 aliphatic rings. The van der Waals surface area contributed by atoms with Crippen molar-refractivity contribution >= 4 is 17.4 Å². The maximum atomic E-state index is 8.94. The summed E-state index contributed by atoms with van der Waals surface area (Å²) in [5.41, 5.74) is 0. The van der Waals surface area contributed by atoms with Crippen LogP contribution in [0.2, 0.25) is 5.15 Å². The van der Waals surface area contributed by atoms with E-state index in [0.717, 1.165) is 0 Å². The van der Waals surface area contributed by atoms with Crippen molar-refractivity contribution in [3.05, 3.63) is 17.5 Å². The molecule has 14 heavy (non-hydrogen) atoms. The Labute approximate surface area is 88.3 Å². The predicted molar refractivity (Wildman–Crippen MR) is 56.4 cm³/mol. The van der Waals surface area contributed by atoms with E-state index in [1.807, 2.05) is 13.8 Å². The molecule has 0 fully saturated rings. The smallest absolute Gasteiger partial charge is 0.171 e. The average Bonchev–Trinajstić information content (AvgIpc) is 2.20. The number of rotatable bonds is 4. The fraction of sp³-hybridized carbons (Fsp3) is 0.556. The molecule has 0 aliphatic carbocycles. The van der Waals surface area contributed by atoms with Crippen LogP contribution in [0.5, 0.6) is 0 Å². The first-order valence-corrected chi connectivity index (χ1v) is 4.87. The van der Waals surface area contributed by atoms with Crippen LogP contribution in [0.1, 0.15) is 13.8 Å². The highest BCUT2D eigenvalue weighted by atomic mass is 35.5. The highest BCUT2D eigenvalue weighted by Crippen LogP contribution is 2.17. The minimum Gasteiger partial charge on any atom is -0.396 e. The van der Waals surface area contributed by atoms with Gasteiger partial charge in [-0.1, -0.05) is 18.5 Å². The summed E-state index contributed by atoms with van der Waals surface area (Å²) in [6, 6.07) is 0.106. The zero-order valence-electron chi connectivity index (χ0n) is 8.24. The first-order chi connectivity index (χ1) is 6.65. The number of aromatic nitrogens is 2. The normalized spacial score (nSPS) is 14.9. The van der Waals surface area contributed by atoms with Gasteiger partial charge < -0.3 is 10.4 Å². The van der Waals surface area contributed by atoms with Crippen LogP contribution in [0.3, 0.4) is 0 Å². The second-order valence-corrected chi connectivity index (χ2v) is 3.65. The van der Waals surface area contributed by atoms with E-state index in [4.69, 9.17) is 16.7 Å². The molecule has 1 aromatic heterocycles. The van der Waals surface area contributed by atoms with Gasteiger partial charge in [0.2, 0.25) is 0 Å². The van der Waals surface area contributed by atoms with Crippen LogP contribution in [0.15, 0.2) is 12.4 Å². The largest absolute Gasteiger partial charge is 0.396 e. The molecule has 0 aliphatic heterocycles. The van der Waals surface area contributed by atoms with Crippen molar-refractivity contribution in [2.45, 2.75) is 19.9 Å². The van der Waals surface area contributed by atoms with Gasteiger partial charge in [0, 0.05) is 25.0 Å². The van der Waals surface area contributed by atoms with Crippen molar-refractivity contribution in [2.24, 2.45) is 5.92 Å². The quantitative estimate of drug-likeness (QED) is 0.801.